The van der Waals surface area contributed by atoms with E-state index in [0.29, 0.717) is 18.6 Å². The van der Waals surface area contributed by atoms with Gasteiger partial charge in [0, 0.05) is 24.2 Å². The van der Waals surface area contributed by atoms with Crippen LogP contribution in [-0.4, -0.2) is 36.9 Å². The number of aromatic hydroxyl groups is 1. The first-order chi connectivity index (χ1) is 24.6. The zero-order valence-corrected chi connectivity index (χ0v) is 29.6. The average Bonchev–Trinajstić information content (AvgIpc) is 3.76. The maximum Gasteiger partial charge on any atom is 0.246 e. The minimum Gasteiger partial charge on any atom is -0.506 e. The molecule has 8 rings (SSSR count). The molecule has 4 heterocycles. The molecule has 0 radical (unpaired) electrons. The molecule has 4 aromatic carbocycles. The third-order valence-electron chi connectivity index (χ3n) is 9.46. The van der Waals surface area contributed by atoms with Gasteiger partial charge in [0.05, 0.1) is 28.3 Å². The van der Waals surface area contributed by atoms with E-state index >= 15 is 0 Å². The number of phenolic OH excluding ortho intramolecular Hbond substituents is 1. The number of anilines is 2. The van der Waals surface area contributed by atoms with Gasteiger partial charge in [0.25, 0.3) is 0 Å². The summed E-state index contributed by atoms with van der Waals surface area (Å²) in [5.74, 6) is 2.58. The summed E-state index contributed by atoms with van der Waals surface area (Å²) in [5.41, 5.74) is 11.2. The minimum atomic E-state index is -0.248. The summed E-state index contributed by atoms with van der Waals surface area (Å²) in [4.78, 5) is 19.1. The number of carbonyl (C=O) groups excluding carboxylic acids is 1. The fourth-order valence-corrected chi connectivity index (χ4v) is 6.84. The fourth-order valence-electron chi connectivity index (χ4n) is 6.84. The molecule has 1 amide bonds. The van der Waals surface area contributed by atoms with Gasteiger partial charge in [0.2, 0.25) is 5.91 Å². The Bertz CT molecular complexity index is 2320. The van der Waals surface area contributed by atoms with Crippen LogP contribution in [0, 0.1) is 34.6 Å². The maximum absolute atomic E-state index is 12.4. The summed E-state index contributed by atoms with van der Waals surface area (Å²) >= 11 is 0. The SMILES string of the molecule is Cc1noc(C)c1-c1cc(O)c2nc(C)n(Cc3ccccc3)c2c1.Cc1noc(C)c1-c1ccc2c(c1)N(Cc1ccccc1)[C@H](C)C(=O)N2. The Morgan fingerprint density at radius 1 is 0.745 bits per heavy atom. The third-order valence-corrected chi connectivity index (χ3v) is 9.46. The van der Waals surface area contributed by atoms with Crippen LogP contribution in [-0.2, 0) is 17.9 Å². The lowest BCUT2D eigenvalue weighted by molar-refractivity contribution is -0.117. The van der Waals surface area contributed by atoms with E-state index in [-0.39, 0.29) is 17.7 Å². The number of nitrogens with one attached hydrogen (secondary N) is 1. The molecule has 7 aromatic rings. The number of rotatable bonds is 6. The Kier molecular flexibility index (Phi) is 8.91. The molecule has 51 heavy (non-hydrogen) atoms. The fraction of sp³-hybridized carbons (Fsp3) is 0.220. The quantitative estimate of drug-likeness (QED) is 0.179. The average molecular weight is 681 g/mol. The number of benzene rings is 4. The second-order valence-electron chi connectivity index (χ2n) is 13.0. The molecule has 3 aromatic heterocycles. The lowest BCUT2D eigenvalue weighted by Crippen LogP contribution is -2.45. The number of phenols is 1. The van der Waals surface area contributed by atoms with Gasteiger partial charge in [-0.25, -0.2) is 4.98 Å². The number of aryl methyl sites for hydroxylation is 5. The van der Waals surface area contributed by atoms with Crippen LogP contribution in [0.25, 0.3) is 33.3 Å². The van der Waals surface area contributed by atoms with Gasteiger partial charge in [-0.1, -0.05) is 77.0 Å². The molecule has 2 N–H and O–H groups in total. The molecule has 10 nitrogen and oxygen atoms in total. The largest absolute Gasteiger partial charge is 0.506 e. The normalized spacial score (nSPS) is 13.9. The zero-order chi connectivity index (χ0) is 35.8. The Morgan fingerprint density at radius 3 is 1.92 bits per heavy atom. The lowest BCUT2D eigenvalue weighted by atomic mass is 10.00. The van der Waals surface area contributed by atoms with Crippen molar-refractivity contribution in [2.75, 3.05) is 10.2 Å². The number of carbonyl (C=O) groups is 1. The van der Waals surface area contributed by atoms with E-state index in [0.717, 1.165) is 67.9 Å². The van der Waals surface area contributed by atoms with E-state index < -0.39 is 0 Å². The van der Waals surface area contributed by atoms with E-state index in [1.165, 1.54) is 11.1 Å². The highest BCUT2D eigenvalue weighted by atomic mass is 16.5. The number of aromatic nitrogens is 4. The molecule has 1 aliphatic heterocycles. The van der Waals surface area contributed by atoms with Crippen molar-refractivity contribution < 1.29 is 18.9 Å². The number of imidazole rings is 1. The van der Waals surface area contributed by atoms with E-state index in [1.807, 2.05) is 96.1 Å². The van der Waals surface area contributed by atoms with E-state index in [2.05, 4.69) is 60.4 Å². The van der Waals surface area contributed by atoms with E-state index in [1.54, 1.807) is 6.07 Å². The van der Waals surface area contributed by atoms with Crippen molar-refractivity contribution >= 4 is 28.3 Å². The van der Waals surface area contributed by atoms with Crippen LogP contribution < -0.4 is 10.2 Å². The third kappa shape index (κ3) is 6.48. The standard InChI is InChI=1S/C21H21N3O2.C20H19N3O2/c1-13-20(15(3)26-23-13)17-9-10-18-19(11-17)24(14(2)21(25)22-18)12-16-7-5-4-6-8-16;1-12-19(13(2)25-22-12)16-9-17-20(18(24)10-16)21-14(3)23(17)11-15-7-5-4-6-8-15/h4-11,14H,12H2,1-3H3,(H,22,25);4-10,24H,11H2,1-3H3/t14-;/m1./s1. The van der Waals surface area contributed by atoms with Crippen molar-refractivity contribution in [1.82, 2.24) is 19.9 Å². The number of hydrogen-bond acceptors (Lipinski definition) is 8. The molecule has 0 saturated carbocycles. The maximum atomic E-state index is 12.4. The molecular formula is C41H40N6O4. The van der Waals surface area contributed by atoms with Gasteiger partial charge in [-0.05, 0) is 88.1 Å². The highest BCUT2D eigenvalue weighted by Crippen LogP contribution is 2.39. The second kappa shape index (κ2) is 13.6. The van der Waals surface area contributed by atoms with Gasteiger partial charge < -0.3 is 28.9 Å². The van der Waals surface area contributed by atoms with Gasteiger partial charge in [0.1, 0.15) is 34.7 Å². The first-order valence-corrected chi connectivity index (χ1v) is 16.9. The monoisotopic (exact) mass is 680 g/mol. The van der Waals surface area contributed by atoms with E-state index in [9.17, 15) is 9.90 Å². The zero-order valence-electron chi connectivity index (χ0n) is 29.6. The van der Waals surface area contributed by atoms with Crippen molar-refractivity contribution in [3.63, 3.8) is 0 Å². The predicted molar refractivity (Wildman–Crippen MR) is 199 cm³/mol. The van der Waals surface area contributed by atoms with Crippen LogP contribution in [0.4, 0.5) is 11.4 Å². The summed E-state index contributed by atoms with van der Waals surface area (Å²) in [6.07, 6.45) is 0. The number of hydrogen-bond donors (Lipinski definition) is 2. The molecule has 0 aliphatic carbocycles. The smallest absolute Gasteiger partial charge is 0.246 e. The van der Waals surface area contributed by atoms with Gasteiger partial charge in [-0.2, -0.15) is 0 Å². The van der Waals surface area contributed by atoms with Crippen LogP contribution in [0.2, 0.25) is 0 Å². The summed E-state index contributed by atoms with van der Waals surface area (Å²) in [7, 11) is 0. The van der Waals surface area contributed by atoms with Crippen molar-refractivity contribution in [2.45, 2.75) is 60.7 Å². The molecule has 1 atom stereocenters. The van der Waals surface area contributed by atoms with Crippen LogP contribution in [0.5, 0.6) is 5.75 Å². The number of nitrogens with zero attached hydrogens (tertiary/aromatic N) is 5. The van der Waals surface area contributed by atoms with Crippen molar-refractivity contribution in [1.29, 1.82) is 0 Å². The molecule has 0 bridgehead atoms. The predicted octanol–water partition coefficient (Wildman–Crippen LogP) is 8.68. The molecule has 1 aliphatic rings. The number of fused-ring (bicyclic) bond motifs is 2. The summed E-state index contributed by atoms with van der Waals surface area (Å²) in [5, 5.41) is 21.6. The molecule has 0 saturated heterocycles. The van der Waals surface area contributed by atoms with Crippen molar-refractivity contribution in [3.8, 4) is 28.0 Å². The van der Waals surface area contributed by atoms with E-state index in [4.69, 9.17) is 9.05 Å². The van der Waals surface area contributed by atoms with Crippen molar-refractivity contribution in [3.05, 3.63) is 131 Å². The van der Waals surface area contributed by atoms with Crippen molar-refractivity contribution in [2.24, 2.45) is 0 Å². The van der Waals surface area contributed by atoms with Gasteiger partial charge in [-0.3, -0.25) is 4.79 Å². The summed E-state index contributed by atoms with van der Waals surface area (Å²) in [6, 6.07) is 30.0. The van der Waals surface area contributed by atoms with Crippen LogP contribution in [0.3, 0.4) is 0 Å². The lowest BCUT2D eigenvalue weighted by Gasteiger charge is -2.36. The highest BCUT2D eigenvalue weighted by molar-refractivity contribution is 6.04. The molecule has 0 spiro atoms. The Hall–Kier alpha value is -6.16. The molecule has 0 unspecified atom stereocenters. The number of amides is 1. The topological polar surface area (TPSA) is 122 Å². The van der Waals surface area contributed by atoms with Gasteiger partial charge in [0.15, 0.2) is 0 Å². The highest BCUT2D eigenvalue weighted by Gasteiger charge is 2.30. The Morgan fingerprint density at radius 2 is 1.33 bits per heavy atom. The van der Waals surface area contributed by atoms with Crippen LogP contribution in [0.15, 0.2) is 100 Å². The van der Waals surface area contributed by atoms with Gasteiger partial charge >= 0.3 is 0 Å². The van der Waals surface area contributed by atoms with Crippen LogP contribution >= 0.6 is 0 Å². The Labute approximate surface area is 296 Å². The Balaban J connectivity index is 0.000000159. The molecule has 258 valence electrons. The first-order valence-electron chi connectivity index (χ1n) is 16.9. The summed E-state index contributed by atoms with van der Waals surface area (Å²) < 4.78 is 12.7. The van der Waals surface area contributed by atoms with Gasteiger partial charge in [-0.15, -0.1) is 0 Å². The molecule has 0 fully saturated rings. The molecule has 10 heteroatoms. The first kappa shape index (κ1) is 33.3. The minimum absolute atomic E-state index is 0.0125. The summed E-state index contributed by atoms with van der Waals surface area (Å²) in [6.45, 7) is 12.9. The molecular weight excluding hydrogens is 640 g/mol. The second-order valence-corrected chi connectivity index (χ2v) is 13.0. The van der Waals surface area contributed by atoms with Crippen LogP contribution in [0.1, 0.15) is 46.8 Å².